The van der Waals surface area contributed by atoms with Crippen LogP contribution < -0.4 is 20.1 Å². The lowest BCUT2D eigenvalue weighted by Crippen LogP contribution is -2.20. The molecule has 3 N–H and O–H groups in total. The molecule has 0 aliphatic heterocycles. The van der Waals surface area contributed by atoms with Crippen molar-refractivity contribution in [2.45, 2.75) is 20.0 Å². The van der Waals surface area contributed by atoms with E-state index in [4.69, 9.17) is 9.47 Å². The summed E-state index contributed by atoms with van der Waals surface area (Å²) in [6.45, 7) is 8.88. The van der Waals surface area contributed by atoms with E-state index in [1.165, 1.54) is 0 Å². The highest BCUT2D eigenvalue weighted by Gasteiger charge is 2.27. The molecule has 1 atom stereocenters. The molecule has 5 heteroatoms. The van der Waals surface area contributed by atoms with Crippen LogP contribution in [0.4, 0.5) is 0 Å². The van der Waals surface area contributed by atoms with Gasteiger partial charge in [-0.15, -0.1) is 0 Å². The van der Waals surface area contributed by atoms with Crippen LogP contribution in [0.2, 0.25) is 0 Å². The van der Waals surface area contributed by atoms with Crippen molar-refractivity contribution in [3.8, 4) is 22.6 Å². The Balaban J connectivity index is 1.72. The minimum Gasteiger partial charge on any atom is -0.492 e. The highest BCUT2D eigenvalue weighted by Crippen LogP contribution is 2.45. The smallest absolute Gasteiger partial charge is 0.120 e. The van der Waals surface area contributed by atoms with Gasteiger partial charge in [-0.2, -0.15) is 0 Å². The summed E-state index contributed by atoms with van der Waals surface area (Å²) >= 11 is 0. The molecule has 0 radical (unpaired) electrons. The van der Waals surface area contributed by atoms with Crippen LogP contribution in [0.15, 0.2) is 36.4 Å². The predicted molar refractivity (Wildman–Crippen MR) is 104 cm³/mol. The van der Waals surface area contributed by atoms with E-state index in [0.29, 0.717) is 13.2 Å². The molecular formula is C21H28N2O3. The van der Waals surface area contributed by atoms with Crippen molar-refractivity contribution in [3.05, 3.63) is 47.5 Å². The average Bonchev–Trinajstić information content (AvgIpc) is 2.94. The number of likely N-dealkylation sites (N-methyl/N-ethyl adjacent to an activating group) is 2. The van der Waals surface area contributed by atoms with E-state index < -0.39 is 6.10 Å². The molecule has 0 bridgehead atoms. The molecule has 1 unspecified atom stereocenters. The van der Waals surface area contributed by atoms with Crippen LogP contribution in [0.3, 0.4) is 0 Å². The molecule has 0 heterocycles. The van der Waals surface area contributed by atoms with Crippen LogP contribution in [-0.2, 0) is 0 Å². The maximum atomic E-state index is 10.7. The Kier molecular flexibility index (Phi) is 6.50. The minimum absolute atomic E-state index is 0.611. The van der Waals surface area contributed by atoms with Crippen LogP contribution in [0, 0.1) is 0 Å². The molecule has 0 saturated carbocycles. The molecule has 140 valence electrons. The fourth-order valence-electron chi connectivity index (χ4n) is 3.20. The number of hydrogen-bond donors (Lipinski definition) is 3. The molecule has 1 aliphatic rings. The molecule has 2 aromatic carbocycles. The molecule has 1 aliphatic carbocycles. The lowest BCUT2D eigenvalue weighted by atomic mass is 10.1. The van der Waals surface area contributed by atoms with Crippen molar-refractivity contribution >= 4 is 0 Å². The number of rotatable bonds is 10. The van der Waals surface area contributed by atoms with Crippen molar-refractivity contribution in [1.82, 2.24) is 10.6 Å². The number of benzene rings is 2. The number of aliphatic hydroxyl groups is 1. The Morgan fingerprint density at radius 3 is 2.08 bits per heavy atom. The van der Waals surface area contributed by atoms with Crippen molar-refractivity contribution in [1.29, 1.82) is 0 Å². The maximum absolute atomic E-state index is 10.7. The molecule has 2 aromatic rings. The lowest BCUT2D eigenvalue weighted by molar-refractivity contribution is 0.224. The minimum atomic E-state index is -0.617. The first-order valence-electron chi connectivity index (χ1n) is 9.38. The number of fused-ring (bicyclic) bond motifs is 3. The second kappa shape index (κ2) is 9.03. The largest absolute Gasteiger partial charge is 0.492 e. The zero-order chi connectivity index (χ0) is 18.4. The van der Waals surface area contributed by atoms with Gasteiger partial charge in [-0.05, 0) is 59.6 Å². The summed E-state index contributed by atoms with van der Waals surface area (Å²) in [6.07, 6.45) is -0.617. The number of nitrogens with one attached hydrogen (secondary N) is 2. The first kappa shape index (κ1) is 18.7. The van der Waals surface area contributed by atoms with Crippen molar-refractivity contribution in [2.24, 2.45) is 0 Å². The monoisotopic (exact) mass is 356 g/mol. The number of hydrogen-bond acceptors (Lipinski definition) is 5. The number of aliphatic hydroxyl groups excluding tert-OH is 1. The SMILES string of the molecule is CCNCCOc1ccc2c(c1)-c1ccc(OCCNCC)cc1C2O. The van der Waals surface area contributed by atoms with E-state index in [9.17, 15) is 5.11 Å². The molecule has 0 spiro atoms. The first-order valence-corrected chi connectivity index (χ1v) is 9.38. The summed E-state index contributed by atoms with van der Waals surface area (Å²) in [4.78, 5) is 0. The van der Waals surface area contributed by atoms with Gasteiger partial charge in [0.2, 0.25) is 0 Å². The van der Waals surface area contributed by atoms with E-state index in [0.717, 1.165) is 59.9 Å². The molecular weight excluding hydrogens is 328 g/mol. The third-order valence-electron chi connectivity index (χ3n) is 4.52. The second-order valence-corrected chi connectivity index (χ2v) is 6.30. The topological polar surface area (TPSA) is 62.8 Å². The second-order valence-electron chi connectivity index (χ2n) is 6.30. The first-order chi connectivity index (χ1) is 12.7. The Hall–Kier alpha value is -2.08. The normalized spacial score (nSPS) is 14.8. The Morgan fingerprint density at radius 2 is 1.42 bits per heavy atom. The molecule has 0 saturated heterocycles. The predicted octanol–water partition coefficient (Wildman–Crippen LogP) is 2.73. The molecule has 0 aromatic heterocycles. The zero-order valence-electron chi connectivity index (χ0n) is 15.5. The van der Waals surface area contributed by atoms with Gasteiger partial charge in [0.1, 0.15) is 30.8 Å². The summed E-state index contributed by atoms with van der Waals surface area (Å²) in [6, 6.07) is 11.8. The summed E-state index contributed by atoms with van der Waals surface area (Å²) in [5, 5.41) is 17.2. The fourth-order valence-corrected chi connectivity index (χ4v) is 3.20. The van der Waals surface area contributed by atoms with Gasteiger partial charge in [0.15, 0.2) is 0 Å². The van der Waals surface area contributed by atoms with Gasteiger partial charge in [-0.1, -0.05) is 26.0 Å². The highest BCUT2D eigenvalue weighted by atomic mass is 16.5. The van der Waals surface area contributed by atoms with E-state index in [1.807, 2.05) is 36.4 Å². The third kappa shape index (κ3) is 4.18. The highest BCUT2D eigenvalue weighted by molar-refractivity contribution is 5.79. The molecule has 0 fully saturated rings. The maximum Gasteiger partial charge on any atom is 0.120 e. The average molecular weight is 356 g/mol. The third-order valence-corrected chi connectivity index (χ3v) is 4.52. The van der Waals surface area contributed by atoms with E-state index in [1.54, 1.807) is 0 Å². The van der Waals surface area contributed by atoms with Crippen LogP contribution in [0.5, 0.6) is 11.5 Å². The van der Waals surface area contributed by atoms with Crippen LogP contribution >= 0.6 is 0 Å². The lowest BCUT2D eigenvalue weighted by Gasteiger charge is -2.10. The van der Waals surface area contributed by atoms with Gasteiger partial charge in [0.05, 0.1) is 0 Å². The van der Waals surface area contributed by atoms with Crippen LogP contribution in [0.1, 0.15) is 31.1 Å². The molecule has 26 heavy (non-hydrogen) atoms. The fraction of sp³-hybridized carbons (Fsp3) is 0.429. The Bertz CT molecular complexity index is 733. The van der Waals surface area contributed by atoms with Crippen LogP contribution in [0.25, 0.3) is 11.1 Å². The van der Waals surface area contributed by atoms with Crippen molar-refractivity contribution < 1.29 is 14.6 Å². The van der Waals surface area contributed by atoms with Crippen molar-refractivity contribution in [3.63, 3.8) is 0 Å². The summed E-state index contributed by atoms with van der Waals surface area (Å²) < 4.78 is 11.6. The van der Waals surface area contributed by atoms with E-state index in [2.05, 4.69) is 24.5 Å². The van der Waals surface area contributed by atoms with Gasteiger partial charge in [0, 0.05) is 13.1 Å². The molecule has 3 rings (SSSR count). The Labute approximate surface area is 155 Å². The summed E-state index contributed by atoms with van der Waals surface area (Å²) in [5.41, 5.74) is 3.89. The summed E-state index contributed by atoms with van der Waals surface area (Å²) in [5.74, 6) is 1.61. The quantitative estimate of drug-likeness (QED) is 0.572. The van der Waals surface area contributed by atoms with Gasteiger partial charge in [-0.25, -0.2) is 0 Å². The van der Waals surface area contributed by atoms with E-state index >= 15 is 0 Å². The van der Waals surface area contributed by atoms with Gasteiger partial charge in [-0.3, -0.25) is 0 Å². The molecule has 5 nitrogen and oxygen atoms in total. The standard InChI is InChI=1S/C21H28N2O3/c1-3-22-9-11-25-15-6-8-18-19(13-15)17-7-5-16(14-20(17)21(18)24)26-12-10-23-4-2/h5-8,13-14,21-24H,3-4,9-12H2,1-2H3. The summed E-state index contributed by atoms with van der Waals surface area (Å²) in [7, 11) is 0. The molecule has 0 amide bonds. The number of ether oxygens (including phenoxy) is 2. The van der Waals surface area contributed by atoms with Gasteiger partial charge < -0.3 is 25.2 Å². The van der Waals surface area contributed by atoms with Gasteiger partial charge >= 0.3 is 0 Å². The Morgan fingerprint density at radius 1 is 0.808 bits per heavy atom. The van der Waals surface area contributed by atoms with Crippen molar-refractivity contribution in [2.75, 3.05) is 39.4 Å². The zero-order valence-corrected chi connectivity index (χ0v) is 15.5. The van der Waals surface area contributed by atoms with Gasteiger partial charge in [0.25, 0.3) is 0 Å². The van der Waals surface area contributed by atoms with E-state index in [-0.39, 0.29) is 0 Å². The van der Waals surface area contributed by atoms with Crippen LogP contribution in [-0.4, -0.2) is 44.5 Å².